The summed E-state index contributed by atoms with van der Waals surface area (Å²) >= 11 is 0. The van der Waals surface area contributed by atoms with E-state index in [1.54, 1.807) is 0 Å². The highest BCUT2D eigenvalue weighted by Crippen LogP contribution is 2.17. The van der Waals surface area contributed by atoms with Crippen molar-refractivity contribution >= 4 is 5.91 Å². The molecule has 0 unspecified atom stereocenters. The zero-order chi connectivity index (χ0) is 13.3. The van der Waals surface area contributed by atoms with Crippen molar-refractivity contribution in [2.24, 2.45) is 0 Å². The Balaban J connectivity index is 1.69. The van der Waals surface area contributed by atoms with E-state index in [1.165, 1.54) is 70.6 Å². The lowest BCUT2D eigenvalue weighted by atomic mass is 9.97. The van der Waals surface area contributed by atoms with Crippen molar-refractivity contribution in [3.63, 3.8) is 0 Å². The van der Waals surface area contributed by atoms with Gasteiger partial charge in [0, 0.05) is 19.1 Å². The Morgan fingerprint density at radius 3 is 2.00 bits per heavy atom. The van der Waals surface area contributed by atoms with Crippen molar-refractivity contribution in [3.8, 4) is 0 Å². The summed E-state index contributed by atoms with van der Waals surface area (Å²) in [6.45, 7) is 2.51. The quantitative estimate of drug-likeness (QED) is 0.851. The van der Waals surface area contributed by atoms with Gasteiger partial charge in [0.2, 0.25) is 5.91 Å². The van der Waals surface area contributed by atoms with Crippen LogP contribution in [0.25, 0.3) is 0 Å². The summed E-state index contributed by atoms with van der Waals surface area (Å²) in [5.74, 6) is 0.323. The second kappa shape index (κ2) is 8.57. The Hall–Kier alpha value is -0.570. The molecule has 1 amide bonds. The van der Waals surface area contributed by atoms with Gasteiger partial charge < -0.3 is 10.2 Å². The van der Waals surface area contributed by atoms with Gasteiger partial charge in [-0.3, -0.25) is 4.79 Å². The van der Waals surface area contributed by atoms with Crippen LogP contribution in [0.5, 0.6) is 0 Å². The van der Waals surface area contributed by atoms with Crippen LogP contribution in [0.3, 0.4) is 0 Å². The number of nitrogens with zero attached hydrogens (tertiary/aromatic N) is 1. The maximum absolute atomic E-state index is 12.2. The maximum atomic E-state index is 12.2. The summed E-state index contributed by atoms with van der Waals surface area (Å²) in [6, 6.07) is 0.580. The lowest BCUT2D eigenvalue weighted by Crippen LogP contribution is -2.42. The van der Waals surface area contributed by atoms with Crippen molar-refractivity contribution in [3.05, 3.63) is 0 Å². The predicted octanol–water partition coefficient (Wildman–Crippen LogP) is 3.09. The van der Waals surface area contributed by atoms with Crippen molar-refractivity contribution in [2.75, 3.05) is 19.6 Å². The highest BCUT2D eigenvalue weighted by molar-refractivity contribution is 5.78. The van der Waals surface area contributed by atoms with Crippen LogP contribution in [-0.4, -0.2) is 36.5 Å². The van der Waals surface area contributed by atoms with Gasteiger partial charge in [-0.15, -0.1) is 0 Å². The molecule has 1 heterocycles. The Bertz CT molecular complexity index is 251. The lowest BCUT2D eigenvalue weighted by Gasteiger charge is -2.24. The molecule has 2 fully saturated rings. The second-order valence-electron chi connectivity index (χ2n) is 6.22. The van der Waals surface area contributed by atoms with Gasteiger partial charge in [0.1, 0.15) is 0 Å². The third-order valence-corrected chi connectivity index (χ3v) is 4.61. The van der Waals surface area contributed by atoms with Crippen LogP contribution in [0.2, 0.25) is 0 Å². The summed E-state index contributed by atoms with van der Waals surface area (Å²) in [5.41, 5.74) is 0. The van der Waals surface area contributed by atoms with E-state index < -0.39 is 0 Å². The molecule has 0 atom stereocenters. The third-order valence-electron chi connectivity index (χ3n) is 4.61. The highest BCUT2D eigenvalue weighted by Gasteiger charge is 2.17. The van der Waals surface area contributed by atoms with Gasteiger partial charge in [-0.25, -0.2) is 0 Å². The van der Waals surface area contributed by atoms with Crippen molar-refractivity contribution in [1.82, 2.24) is 10.2 Å². The van der Waals surface area contributed by atoms with Crippen molar-refractivity contribution < 1.29 is 4.79 Å². The number of hydrogen-bond acceptors (Lipinski definition) is 2. The number of likely N-dealkylation sites (tertiary alicyclic amines) is 1. The molecule has 1 aliphatic heterocycles. The first-order chi connectivity index (χ1) is 9.36. The molecule has 2 rings (SSSR count). The fourth-order valence-electron chi connectivity index (χ4n) is 3.32. The van der Waals surface area contributed by atoms with E-state index in [1.807, 2.05) is 0 Å². The number of amides is 1. The molecule has 0 aromatic rings. The number of rotatable bonds is 3. The summed E-state index contributed by atoms with van der Waals surface area (Å²) < 4.78 is 0. The molecule has 3 nitrogen and oxygen atoms in total. The monoisotopic (exact) mass is 266 g/mol. The Morgan fingerprint density at radius 2 is 1.37 bits per heavy atom. The zero-order valence-corrected chi connectivity index (χ0v) is 12.3. The van der Waals surface area contributed by atoms with Gasteiger partial charge in [0.15, 0.2) is 0 Å². The van der Waals surface area contributed by atoms with Crippen LogP contribution < -0.4 is 5.32 Å². The van der Waals surface area contributed by atoms with Crippen LogP contribution >= 0.6 is 0 Å². The lowest BCUT2D eigenvalue weighted by molar-refractivity contribution is -0.130. The minimum Gasteiger partial charge on any atom is -0.342 e. The van der Waals surface area contributed by atoms with Crippen LogP contribution in [0.1, 0.15) is 70.6 Å². The molecule has 1 saturated carbocycles. The van der Waals surface area contributed by atoms with Gasteiger partial charge in [-0.05, 0) is 25.7 Å². The van der Waals surface area contributed by atoms with Gasteiger partial charge in [-0.1, -0.05) is 44.9 Å². The molecule has 1 aliphatic carbocycles. The zero-order valence-electron chi connectivity index (χ0n) is 12.3. The first kappa shape index (κ1) is 14.8. The smallest absolute Gasteiger partial charge is 0.236 e. The molecule has 3 heteroatoms. The van der Waals surface area contributed by atoms with Crippen LogP contribution in [0, 0.1) is 0 Å². The largest absolute Gasteiger partial charge is 0.342 e. The van der Waals surface area contributed by atoms with E-state index in [2.05, 4.69) is 10.2 Å². The minimum absolute atomic E-state index is 0.323. The summed E-state index contributed by atoms with van der Waals surface area (Å²) in [7, 11) is 0. The molecule has 0 spiro atoms. The first-order valence-corrected chi connectivity index (χ1v) is 8.37. The predicted molar refractivity (Wildman–Crippen MR) is 79.2 cm³/mol. The number of carbonyl (C=O) groups excluding carboxylic acids is 1. The van der Waals surface area contributed by atoms with E-state index in [-0.39, 0.29) is 0 Å². The first-order valence-electron chi connectivity index (χ1n) is 8.37. The minimum atomic E-state index is 0.323. The van der Waals surface area contributed by atoms with Gasteiger partial charge in [0.25, 0.3) is 0 Å². The normalized spacial score (nSPS) is 23.5. The topological polar surface area (TPSA) is 32.3 Å². The van der Waals surface area contributed by atoms with Crippen molar-refractivity contribution in [1.29, 1.82) is 0 Å². The number of nitrogens with one attached hydrogen (secondary N) is 1. The summed E-state index contributed by atoms with van der Waals surface area (Å²) in [4.78, 5) is 14.3. The molecular weight excluding hydrogens is 236 g/mol. The molecular formula is C16H30N2O. The molecule has 0 aromatic heterocycles. The maximum Gasteiger partial charge on any atom is 0.236 e. The fourth-order valence-corrected chi connectivity index (χ4v) is 3.32. The molecule has 0 bridgehead atoms. The van der Waals surface area contributed by atoms with Gasteiger partial charge in [0.05, 0.1) is 6.54 Å². The fraction of sp³-hybridized carbons (Fsp3) is 0.938. The average Bonchev–Trinajstić information content (AvgIpc) is 2.66. The molecule has 2 aliphatic rings. The SMILES string of the molecule is O=C(CNC1CCCCCCC1)N1CCCCCC1. The van der Waals surface area contributed by atoms with E-state index in [0.717, 1.165) is 13.1 Å². The van der Waals surface area contributed by atoms with Crippen LogP contribution in [-0.2, 0) is 4.79 Å². The highest BCUT2D eigenvalue weighted by atomic mass is 16.2. The van der Waals surface area contributed by atoms with Crippen LogP contribution in [0.4, 0.5) is 0 Å². The third kappa shape index (κ3) is 5.52. The van der Waals surface area contributed by atoms with E-state index in [9.17, 15) is 4.79 Å². The average molecular weight is 266 g/mol. The van der Waals surface area contributed by atoms with Gasteiger partial charge in [-0.2, -0.15) is 0 Å². The number of hydrogen-bond donors (Lipinski definition) is 1. The molecule has 1 saturated heterocycles. The number of carbonyl (C=O) groups is 1. The standard InChI is InChI=1S/C16H30N2O/c19-16(18-12-8-4-5-9-13-18)14-17-15-10-6-2-1-3-7-11-15/h15,17H,1-14H2. The molecule has 1 N–H and O–H groups in total. The molecule has 0 radical (unpaired) electrons. The Labute approximate surface area is 118 Å². The van der Waals surface area contributed by atoms with Crippen molar-refractivity contribution in [2.45, 2.75) is 76.7 Å². The van der Waals surface area contributed by atoms with E-state index >= 15 is 0 Å². The Morgan fingerprint density at radius 1 is 0.842 bits per heavy atom. The molecule has 110 valence electrons. The molecule has 0 aromatic carbocycles. The van der Waals surface area contributed by atoms with E-state index in [0.29, 0.717) is 18.5 Å². The van der Waals surface area contributed by atoms with Crippen LogP contribution in [0.15, 0.2) is 0 Å². The van der Waals surface area contributed by atoms with E-state index in [4.69, 9.17) is 0 Å². The molecule has 19 heavy (non-hydrogen) atoms. The summed E-state index contributed by atoms with van der Waals surface area (Å²) in [5, 5.41) is 3.52. The Kier molecular flexibility index (Phi) is 6.69. The van der Waals surface area contributed by atoms with Gasteiger partial charge >= 0.3 is 0 Å². The summed E-state index contributed by atoms with van der Waals surface area (Å²) in [6.07, 6.45) is 14.3. The second-order valence-corrected chi connectivity index (χ2v) is 6.22.